The van der Waals surface area contributed by atoms with E-state index in [0.29, 0.717) is 17.5 Å². The summed E-state index contributed by atoms with van der Waals surface area (Å²) < 4.78 is 10.7. The van der Waals surface area contributed by atoms with Gasteiger partial charge in [0.05, 0.1) is 13.7 Å². The van der Waals surface area contributed by atoms with Crippen LogP contribution in [0.5, 0.6) is 23.0 Å². The second-order valence-electron chi connectivity index (χ2n) is 6.46. The number of hydrogen-bond donors (Lipinski definition) is 3. The molecule has 0 atom stereocenters. The molecule has 0 aliphatic heterocycles. The number of ether oxygens (including phenoxy) is 2. The summed E-state index contributed by atoms with van der Waals surface area (Å²) in [5, 5.41) is 30.1. The van der Waals surface area contributed by atoms with Crippen LogP contribution >= 0.6 is 0 Å². The Labute approximate surface area is 158 Å². The second kappa shape index (κ2) is 8.60. The van der Waals surface area contributed by atoms with Crippen LogP contribution in [0.1, 0.15) is 40.9 Å². The Morgan fingerprint density at radius 1 is 1.07 bits per heavy atom. The van der Waals surface area contributed by atoms with E-state index in [1.807, 2.05) is 19.9 Å². The van der Waals surface area contributed by atoms with Gasteiger partial charge >= 0.3 is 5.97 Å². The van der Waals surface area contributed by atoms with Gasteiger partial charge in [0.1, 0.15) is 17.1 Å². The molecule has 0 bridgehead atoms. The third-order valence-corrected chi connectivity index (χ3v) is 4.00. The molecule has 2 aromatic carbocycles. The highest BCUT2D eigenvalue weighted by Crippen LogP contribution is 2.41. The SMILES string of the molecule is COC(=O)c1c(O)ccc(CC=C(C)C)c1Oc1c(O)cc(C)cc1CO. The van der Waals surface area contributed by atoms with Crippen molar-refractivity contribution in [2.24, 2.45) is 0 Å². The number of allylic oxidation sites excluding steroid dienone is 2. The summed E-state index contributed by atoms with van der Waals surface area (Å²) >= 11 is 0. The first-order valence-electron chi connectivity index (χ1n) is 8.46. The first kappa shape index (κ1) is 20.3. The number of aliphatic hydroxyl groups is 1. The fourth-order valence-electron chi connectivity index (χ4n) is 2.67. The average Bonchev–Trinajstić information content (AvgIpc) is 2.62. The van der Waals surface area contributed by atoms with Crippen molar-refractivity contribution < 1.29 is 29.6 Å². The minimum atomic E-state index is -0.765. The van der Waals surface area contributed by atoms with Crippen LogP contribution in [-0.2, 0) is 17.8 Å². The normalized spacial score (nSPS) is 10.4. The summed E-state index contributed by atoms with van der Waals surface area (Å²) in [7, 11) is 1.21. The number of phenols is 2. The van der Waals surface area contributed by atoms with E-state index in [-0.39, 0.29) is 35.2 Å². The van der Waals surface area contributed by atoms with Gasteiger partial charge < -0.3 is 24.8 Å². The van der Waals surface area contributed by atoms with Crippen LogP contribution in [0, 0.1) is 6.92 Å². The standard InChI is InChI=1S/C21H24O6/c1-12(2)5-6-14-7-8-16(23)18(21(25)26-4)20(14)27-19-15(11-22)9-13(3)10-17(19)24/h5,7-10,22-24H,6,11H2,1-4H3. The number of hydrogen-bond acceptors (Lipinski definition) is 6. The Bertz CT molecular complexity index is 879. The van der Waals surface area contributed by atoms with E-state index >= 15 is 0 Å². The Morgan fingerprint density at radius 2 is 1.78 bits per heavy atom. The second-order valence-corrected chi connectivity index (χ2v) is 6.46. The van der Waals surface area contributed by atoms with E-state index in [9.17, 15) is 20.1 Å². The number of benzene rings is 2. The molecule has 0 saturated heterocycles. The van der Waals surface area contributed by atoms with Crippen LogP contribution in [0.15, 0.2) is 35.9 Å². The molecule has 0 heterocycles. The molecule has 6 heteroatoms. The highest BCUT2D eigenvalue weighted by atomic mass is 16.5. The van der Waals surface area contributed by atoms with Crippen LogP contribution < -0.4 is 4.74 Å². The summed E-state index contributed by atoms with van der Waals surface area (Å²) in [4.78, 5) is 12.2. The number of methoxy groups -OCH3 is 1. The Kier molecular flexibility index (Phi) is 6.47. The summed E-state index contributed by atoms with van der Waals surface area (Å²) in [5.74, 6) is -1.13. The molecule has 144 valence electrons. The van der Waals surface area contributed by atoms with Crippen LogP contribution in [0.3, 0.4) is 0 Å². The van der Waals surface area contributed by atoms with E-state index in [4.69, 9.17) is 9.47 Å². The maximum atomic E-state index is 12.2. The molecule has 0 fully saturated rings. The van der Waals surface area contributed by atoms with E-state index < -0.39 is 5.97 Å². The molecule has 0 unspecified atom stereocenters. The Balaban J connectivity index is 2.68. The molecular formula is C21H24O6. The van der Waals surface area contributed by atoms with Crippen molar-refractivity contribution in [2.45, 2.75) is 33.8 Å². The van der Waals surface area contributed by atoms with Crippen LogP contribution in [0.2, 0.25) is 0 Å². The first-order chi connectivity index (χ1) is 12.8. The summed E-state index contributed by atoms with van der Waals surface area (Å²) in [6, 6.07) is 6.20. The van der Waals surface area contributed by atoms with Crippen molar-refractivity contribution in [1.29, 1.82) is 0 Å². The summed E-state index contributed by atoms with van der Waals surface area (Å²) in [6.07, 6.45) is 2.39. The van der Waals surface area contributed by atoms with Gasteiger partial charge in [0, 0.05) is 5.56 Å². The van der Waals surface area contributed by atoms with Gasteiger partial charge in [0.2, 0.25) is 0 Å². The topological polar surface area (TPSA) is 96.2 Å². The zero-order valence-electron chi connectivity index (χ0n) is 15.9. The van der Waals surface area contributed by atoms with Crippen LogP contribution in [0.4, 0.5) is 0 Å². The molecule has 0 spiro atoms. The Hall–Kier alpha value is -2.99. The lowest BCUT2D eigenvalue weighted by atomic mass is 10.0. The molecule has 0 aliphatic carbocycles. The monoisotopic (exact) mass is 372 g/mol. The highest BCUT2D eigenvalue weighted by molar-refractivity contribution is 5.96. The van der Waals surface area contributed by atoms with Crippen molar-refractivity contribution in [3.05, 3.63) is 58.2 Å². The molecular weight excluding hydrogens is 348 g/mol. The summed E-state index contributed by atoms with van der Waals surface area (Å²) in [6.45, 7) is 5.30. The van der Waals surface area contributed by atoms with Gasteiger partial charge in [-0.15, -0.1) is 0 Å². The molecule has 0 saturated carbocycles. The largest absolute Gasteiger partial charge is 0.507 e. The number of carbonyl (C=O) groups excluding carboxylic acids is 1. The van der Waals surface area contributed by atoms with Crippen LogP contribution in [0.25, 0.3) is 0 Å². The van der Waals surface area contributed by atoms with Gasteiger partial charge in [-0.05, 0) is 56.5 Å². The minimum absolute atomic E-state index is 0.0253. The number of aliphatic hydroxyl groups excluding tert-OH is 1. The quantitative estimate of drug-likeness (QED) is 0.524. The maximum Gasteiger partial charge on any atom is 0.345 e. The van der Waals surface area contributed by atoms with Gasteiger partial charge in [0.15, 0.2) is 11.5 Å². The number of esters is 1. The molecule has 0 radical (unpaired) electrons. The predicted octanol–water partition coefficient (Wildman–Crippen LogP) is 3.99. The number of aryl methyl sites for hydroxylation is 1. The molecule has 0 aromatic heterocycles. The van der Waals surface area contributed by atoms with Crippen molar-refractivity contribution in [3.63, 3.8) is 0 Å². The van der Waals surface area contributed by atoms with Gasteiger partial charge in [-0.3, -0.25) is 0 Å². The molecule has 6 nitrogen and oxygen atoms in total. The first-order valence-corrected chi connectivity index (χ1v) is 8.46. The number of rotatable bonds is 6. The number of phenolic OH excluding ortho intramolecular Hbond substituents is 2. The van der Waals surface area contributed by atoms with Gasteiger partial charge in [0.25, 0.3) is 0 Å². The van der Waals surface area contributed by atoms with Gasteiger partial charge in [-0.25, -0.2) is 4.79 Å². The fourth-order valence-corrected chi connectivity index (χ4v) is 2.67. The molecule has 0 aliphatic rings. The molecule has 3 N–H and O–H groups in total. The van der Waals surface area contributed by atoms with Gasteiger partial charge in [-0.1, -0.05) is 17.7 Å². The maximum absolute atomic E-state index is 12.2. The lowest BCUT2D eigenvalue weighted by Gasteiger charge is -2.18. The smallest absolute Gasteiger partial charge is 0.345 e. The van der Waals surface area contributed by atoms with Crippen molar-refractivity contribution in [3.8, 4) is 23.0 Å². The van der Waals surface area contributed by atoms with E-state index in [0.717, 1.165) is 11.1 Å². The number of aromatic hydroxyl groups is 2. The van der Waals surface area contributed by atoms with Crippen molar-refractivity contribution >= 4 is 5.97 Å². The molecule has 2 aromatic rings. The minimum Gasteiger partial charge on any atom is -0.507 e. The van der Waals surface area contributed by atoms with E-state index in [1.165, 1.54) is 19.2 Å². The third-order valence-electron chi connectivity index (χ3n) is 4.00. The van der Waals surface area contributed by atoms with Gasteiger partial charge in [-0.2, -0.15) is 0 Å². The molecule has 2 rings (SSSR count). The zero-order valence-corrected chi connectivity index (χ0v) is 15.9. The number of carbonyl (C=O) groups is 1. The lowest BCUT2D eigenvalue weighted by molar-refractivity contribution is 0.0594. The van der Waals surface area contributed by atoms with E-state index in [1.54, 1.807) is 19.1 Å². The third kappa shape index (κ3) is 4.60. The fraction of sp³-hybridized carbons (Fsp3) is 0.286. The Morgan fingerprint density at radius 3 is 2.37 bits per heavy atom. The molecule has 0 amide bonds. The molecule has 27 heavy (non-hydrogen) atoms. The highest BCUT2D eigenvalue weighted by Gasteiger charge is 2.24. The summed E-state index contributed by atoms with van der Waals surface area (Å²) in [5.41, 5.74) is 2.67. The van der Waals surface area contributed by atoms with Crippen molar-refractivity contribution in [2.75, 3.05) is 7.11 Å². The zero-order chi connectivity index (χ0) is 20.1. The van der Waals surface area contributed by atoms with E-state index in [2.05, 4.69) is 0 Å². The van der Waals surface area contributed by atoms with Crippen LogP contribution in [-0.4, -0.2) is 28.4 Å². The van der Waals surface area contributed by atoms with Crippen molar-refractivity contribution in [1.82, 2.24) is 0 Å². The predicted molar refractivity (Wildman–Crippen MR) is 101 cm³/mol. The lowest BCUT2D eigenvalue weighted by Crippen LogP contribution is -2.07. The average molecular weight is 372 g/mol.